The summed E-state index contributed by atoms with van der Waals surface area (Å²) in [5.41, 5.74) is 0.490. The minimum Gasteiger partial charge on any atom is -0.733 e. The third kappa shape index (κ3) is 5.00. The lowest BCUT2D eigenvalue weighted by atomic mass is 10.2. The molecule has 0 aliphatic rings. The number of aliphatic carboxylic acids is 1. The van der Waals surface area contributed by atoms with Crippen LogP contribution in [0.15, 0.2) is 53.4 Å². The van der Waals surface area contributed by atoms with Gasteiger partial charge >= 0.3 is 5.97 Å². The van der Waals surface area contributed by atoms with E-state index in [0.29, 0.717) is 5.69 Å². The van der Waals surface area contributed by atoms with E-state index in [2.05, 4.69) is 5.32 Å². The van der Waals surface area contributed by atoms with Gasteiger partial charge in [-0.15, -0.1) is 0 Å². The molecular weight excluding hydrogens is 366 g/mol. The lowest BCUT2D eigenvalue weighted by molar-refractivity contribution is -0.135. The van der Waals surface area contributed by atoms with E-state index >= 15 is 0 Å². The number of carboxylic acids is 1. The maximum atomic E-state index is 12.1. The molecule has 10 nitrogen and oxygen atoms in total. The fourth-order valence-corrected chi connectivity index (χ4v) is 2.88. The van der Waals surface area contributed by atoms with Crippen LogP contribution < -0.4 is 15.3 Å². The summed E-state index contributed by atoms with van der Waals surface area (Å²) in [6.45, 7) is -0.745. The van der Waals surface area contributed by atoms with Crippen molar-refractivity contribution in [2.45, 2.75) is 4.90 Å². The molecule has 11 heteroatoms. The van der Waals surface area contributed by atoms with Crippen molar-refractivity contribution in [1.82, 2.24) is 4.72 Å². The average molecular weight is 380 g/mol. The highest BCUT2D eigenvalue weighted by Gasteiger charge is 2.15. The Bertz CT molecular complexity index is 894. The molecule has 0 radical (unpaired) electrons. The van der Waals surface area contributed by atoms with Crippen LogP contribution in [-0.2, 0) is 14.8 Å². The number of carbonyl (C=O) groups excluding carboxylic acids is 1. The molecule has 0 saturated heterocycles. The maximum absolute atomic E-state index is 12.1. The predicted octanol–water partition coefficient (Wildman–Crippen LogP) is 0.995. The molecule has 0 aromatic heterocycles. The summed E-state index contributed by atoms with van der Waals surface area (Å²) >= 11 is 0. The SMILES string of the molecule is O=C(O)CNS(=O)(=O)c1ccc(NC(=O)c2ccc(N([O-])O)cc2)cc1. The van der Waals surface area contributed by atoms with Gasteiger partial charge in [-0.05, 0) is 48.5 Å². The number of rotatable bonds is 7. The van der Waals surface area contributed by atoms with Crippen molar-refractivity contribution < 1.29 is 28.3 Å². The molecule has 0 unspecified atom stereocenters. The Hall–Kier alpha value is -2.99. The summed E-state index contributed by atoms with van der Waals surface area (Å²) in [7, 11) is -3.97. The summed E-state index contributed by atoms with van der Waals surface area (Å²) in [6, 6.07) is 10.3. The normalized spacial score (nSPS) is 11.0. The lowest BCUT2D eigenvalue weighted by Crippen LogP contribution is -2.29. The first kappa shape index (κ1) is 19.3. The fourth-order valence-electron chi connectivity index (χ4n) is 1.90. The third-order valence-electron chi connectivity index (χ3n) is 3.19. The first-order chi connectivity index (χ1) is 12.2. The van der Waals surface area contributed by atoms with Crippen LogP contribution in [0.25, 0.3) is 0 Å². The van der Waals surface area contributed by atoms with Crippen LogP contribution >= 0.6 is 0 Å². The predicted molar refractivity (Wildman–Crippen MR) is 91.3 cm³/mol. The molecule has 138 valence electrons. The standard InChI is InChI=1S/C15H14N3O7S/c19-14(20)9-16-26(24,25)13-7-3-11(4-8-13)17-15(21)10-1-5-12(6-2-10)18(22)23/h1-8,16,22H,9H2,(H,17,21)(H,19,20)/q-1. The molecule has 0 aliphatic heterocycles. The van der Waals surface area contributed by atoms with E-state index in [9.17, 15) is 23.2 Å². The number of hydrogen-bond donors (Lipinski definition) is 4. The number of benzene rings is 2. The van der Waals surface area contributed by atoms with Gasteiger partial charge in [0.15, 0.2) is 0 Å². The summed E-state index contributed by atoms with van der Waals surface area (Å²) in [6.07, 6.45) is 0. The molecule has 2 aromatic rings. The maximum Gasteiger partial charge on any atom is 0.318 e. The van der Waals surface area contributed by atoms with Crippen molar-refractivity contribution in [3.63, 3.8) is 0 Å². The highest BCUT2D eigenvalue weighted by atomic mass is 32.2. The van der Waals surface area contributed by atoms with E-state index in [1.54, 1.807) is 0 Å². The summed E-state index contributed by atoms with van der Waals surface area (Å²) < 4.78 is 25.6. The monoisotopic (exact) mass is 380 g/mol. The van der Waals surface area contributed by atoms with Crippen molar-refractivity contribution in [2.24, 2.45) is 0 Å². The molecule has 0 bridgehead atoms. The number of carboxylic acid groups (broad SMARTS) is 1. The summed E-state index contributed by atoms with van der Waals surface area (Å²) in [5, 5.41) is 30.2. The second-order valence-corrected chi connectivity index (χ2v) is 6.78. The van der Waals surface area contributed by atoms with E-state index in [-0.39, 0.29) is 21.4 Å². The van der Waals surface area contributed by atoms with Crippen molar-refractivity contribution in [1.29, 1.82) is 0 Å². The Balaban J connectivity index is 2.06. The van der Waals surface area contributed by atoms with Crippen LogP contribution in [0.4, 0.5) is 11.4 Å². The molecule has 26 heavy (non-hydrogen) atoms. The van der Waals surface area contributed by atoms with E-state index < -0.39 is 28.4 Å². The van der Waals surface area contributed by atoms with Crippen LogP contribution in [0.5, 0.6) is 0 Å². The van der Waals surface area contributed by atoms with Crippen molar-refractivity contribution in [3.8, 4) is 0 Å². The van der Waals surface area contributed by atoms with Gasteiger partial charge in [0.05, 0.1) is 10.6 Å². The molecule has 0 atom stereocenters. The number of carbonyl (C=O) groups is 2. The van der Waals surface area contributed by atoms with Crippen molar-refractivity contribution >= 4 is 33.3 Å². The van der Waals surface area contributed by atoms with Crippen LogP contribution in [0.1, 0.15) is 10.4 Å². The minimum atomic E-state index is -3.97. The number of anilines is 2. The molecular formula is C15H14N3O7S-. The molecule has 1 amide bonds. The zero-order valence-corrected chi connectivity index (χ0v) is 13.9. The topological polar surface area (TPSA) is 159 Å². The van der Waals surface area contributed by atoms with Gasteiger partial charge < -0.3 is 20.9 Å². The molecule has 0 heterocycles. The number of amides is 1. The van der Waals surface area contributed by atoms with Crippen LogP contribution in [0.3, 0.4) is 0 Å². The Morgan fingerprint density at radius 2 is 1.62 bits per heavy atom. The second-order valence-electron chi connectivity index (χ2n) is 5.02. The first-order valence-electron chi connectivity index (χ1n) is 7.08. The molecule has 2 rings (SSSR count). The molecule has 4 N–H and O–H groups in total. The van der Waals surface area contributed by atoms with Crippen LogP contribution in [0, 0.1) is 5.21 Å². The van der Waals surface area contributed by atoms with Gasteiger partial charge in [-0.25, -0.2) is 8.42 Å². The molecule has 0 aliphatic carbocycles. The highest BCUT2D eigenvalue weighted by Crippen LogP contribution is 2.16. The van der Waals surface area contributed by atoms with Crippen LogP contribution in [-0.4, -0.2) is 37.2 Å². The molecule has 0 spiro atoms. The lowest BCUT2D eigenvalue weighted by Gasteiger charge is -2.21. The van der Waals surface area contributed by atoms with E-state index in [1.165, 1.54) is 48.5 Å². The largest absolute Gasteiger partial charge is 0.733 e. The van der Waals surface area contributed by atoms with Gasteiger partial charge in [0.25, 0.3) is 5.91 Å². The van der Waals surface area contributed by atoms with Gasteiger partial charge in [-0.1, -0.05) is 0 Å². The van der Waals surface area contributed by atoms with E-state index in [4.69, 9.17) is 10.3 Å². The number of sulfonamides is 1. The Morgan fingerprint density at radius 3 is 2.12 bits per heavy atom. The quantitative estimate of drug-likeness (QED) is 0.518. The minimum absolute atomic E-state index is 0.0371. The number of nitrogens with zero attached hydrogens (tertiary/aromatic N) is 1. The number of hydrogen-bond acceptors (Lipinski definition) is 7. The van der Waals surface area contributed by atoms with Gasteiger partial charge in [-0.2, -0.15) is 4.72 Å². The summed E-state index contributed by atoms with van der Waals surface area (Å²) in [5.74, 6) is -1.82. The molecule has 0 fully saturated rings. The third-order valence-corrected chi connectivity index (χ3v) is 4.60. The van der Waals surface area contributed by atoms with Gasteiger partial charge in [0, 0.05) is 11.3 Å². The number of nitrogens with one attached hydrogen (secondary N) is 2. The van der Waals surface area contributed by atoms with Crippen molar-refractivity contribution in [3.05, 3.63) is 59.3 Å². The summed E-state index contributed by atoms with van der Waals surface area (Å²) in [4.78, 5) is 22.4. The molecule has 2 aromatic carbocycles. The highest BCUT2D eigenvalue weighted by molar-refractivity contribution is 7.89. The zero-order chi connectivity index (χ0) is 19.3. The Morgan fingerprint density at radius 1 is 1.04 bits per heavy atom. The Kier molecular flexibility index (Phi) is 5.90. The Labute approximate surface area is 148 Å². The first-order valence-corrected chi connectivity index (χ1v) is 8.56. The smallest absolute Gasteiger partial charge is 0.318 e. The van der Waals surface area contributed by atoms with Gasteiger partial charge in [0.2, 0.25) is 10.0 Å². The second kappa shape index (κ2) is 7.93. The van der Waals surface area contributed by atoms with E-state index in [1.807, 2.05) is 4.72 Å². The van der Waals surface area contributed by atoms with Gasteiger partial charge in [0.1, 0.15) is 6.54 Å². The zero-order valence-electron chi connectivity index (χ0n) is 13.1. The molecule has 0 saturated carbocycles. The van der Waals surface area contributed by atoms with E-state index in [0.717, 1.165) is 0 Å². The van der Waals surface area contributed by atoms with Crippen LogP contribution in [0.2, 0.25) is 0 Å². The van der Waals surface area contributed by atoms with Crippen molar-refractivity contribution in [2.75, 3.05) is 17.1 Å². The average Bonchev–Trinajstić information content (AvgIpc) is 2.60. The fraction of sp³-hybridized carbons (Fsp3) is 0.0667. The van der Waals surface area contributed by atoms with Gasteiger partial charge in [-0.3, -0.25) is 14.8 Å².